The highest BCUT2D eigenvalue weighted by molar-refractivity contribution is 6.00. The van der Waals surface area contributed by atoms with E-state index >= 15 is 0 Å². The second-order valence-corrected chi connectivity index (χ2v) is 8.71. The number of aryl methyl sites for hydroxylation is 3. The summed E-state index contributed by atoms with van der Waals surface area (Å²) in [6.45, 7) is 6.70. The Bertz CT molecular complexity index is 1130. The Morgan fingerprint density at radius 1 is 1.03 bits per heavy atom. The molecule has 5 rings (SSSR count). The summed E-state index contributed by atoms with van der Waals surface area (Å²) in [4.78, 5) is 29.3. The van der Waals surface area contributed by atoms with E-state index in [1.807, 2.05) is 68.3 Å². The first-order valence-electron chi connectivity index (χ1n) is 10.8. The number of aromatic nitrogens is 3. The second-order valence-electron chi connectivity index (χ2n) is 8.71. The largest absolute Gasteiger partial charge is 0.472 e. The number of hydrogen-bond donors (Lipinski definition) is 0. The van der Waals surface area contributed by atoms with Crippen LogP contribution in [0.3, 0.4) is 0 Å². The Labute approximate surface area is 182 Å². The van der Waals surface area contributed by atoms with E-state index < -0.39 is 0 Å². The molecule has 3 atom stereocenters. The van der Waals surface area contributed by atoms with Crippen LogP contribution in [0.1, 0.15) is 40.0 Å². The van der Waals surface area contributed by atoms with Gasteiger partial charge in [-0.1, -0.05) is 12.1 Å². The Morgan fingerprint density at radius 2 is 1.90 bits per heavy atom. The third-order valence-corrected chi connectivity index (χ3v) is 6.34. The molecule has 1 saturated carbocycles. The minimum Gasteiger partial charge on any atom is -0.472 e. The molecule has 0 aromatic carbocycles. The van der Waals surface area contributed by atoms with E-state index in [2.05, 4.69) is 9.97 Å². The lowest BCUT2D eigenvalue weighted by molar-refractivity contribution is 0.0467. The van der Waals surface area contributed by atoms with Crippen molar-refractivity contribution in [3.63, 3.8) is 0 Å². The van der Waals surface area contributed by atoms with Crippen molar-refractivity contribution in [2.45, 2.75) is 45.8 Å². The van der Waals surface area contributed by atoms with Crippen molar-refractivity contribution >= 4 is 5.91 Å². The molecule has 3 unspecified atom stereocenters. The zero-order valence-electron chi connectivity index (χ0n) is 18.1. The Morgan fingerprint density at radius 3 is 2.65 bits per heavy atom. The molecule has 3 aromatic rings. The standard InChI is InChI=1S/C25H26N4O2/c1-15-6-9-22(27-13-15)31-21-12-18-11-20(21)29(14-18)25(30)19-8-7-17(3)28-24(19)23-16(2)5-4-10-26-23/h4-10,13,18,20-21H,11-12,14H2,1-3H3. The molecule has 158 valence electrons. The average molecular weight is 415 g/mol. The highest BCUT2D eigenvalue weighted by Crippen LogP contribution is 2.41. The molecule has 1 aliphatic heterocycles. The van der Waals surface area contributed by atoms with Gasteiger partial charge in [-0.05, 0) is 68.9 Å². The summed E-state index contributed by atoms with van der Waals surface area (Å²) in [6.07, 6.45) is 5.46. The van der Waals surface area contributed by atoms with E-state index in [9.17, 15) is 4.79 Å². The van der Waals surface area contributed by atoms with Crippen LogP contribution in [0.2, 0.25) is 0 Å². The summed E-state index contributed by atoms with van der Waals surface area (Å²) in [5.41, 5.74) is 4.99. The van der Waals surface area contributed by atoms with Gasteiger partial charge in [-0.25, -0.2) is 4.98 Å². The first-order chi connectivity index (χ1) is 15.0. The van der Waals surface area contributed by atoms with E-state index in [0.29, 0.717) is 23.1 Å². The molecular formula is C25H26N4O2. The van der Waals surface area contributed by atoms with Crippen molar-refractivity contribution in [1.29, 1.82) is 0 Å². The van der Waals surface area contributed by atoms with E-state index in [4.69, 9.17) is 9.72 Å². The quantitative estimate of drug-likeness (QED) is 0.642. The first kappa shape index (κ1) is 19.7. The van der Waals surface area contributed by atoms with Gasteiger partial charge in [0.2, 0.25) is 5.88 Å². The van der Waals surface area contributed by atoms with Gasteiger partial charge in [0.25, 0.3) is 5.91 Å². The van der Waals surface area contributed by atoms with Crippen LogP contribution >= 0.6 is 0 Å². The van der Waals surface area contributed by atoms with Crippen molar-refractivity contribution < 1.29 is 9.53 Å². The fraction of sp³-hybridized carbons (Fsp3) is 0.360. The number of hydrogen-bond acceptors (Lipinski definition) is 5. The molecule has 2 aliphatic rings. The van der Waals surface area contributed by atoms with Crippen LogP contribution in [0.5, 0.6) is 5.88 Å². The number of likely N-dealkylation sites (tertiary alicyclic amines) is 1. The topological polar surface area (TPSA) is 68.2 Å². The maximum absolute atomic E-state index is 13.7. The number of ether oxygens (including phenoxy) is 1. The highest BCUT2D eigenvalue weighted by Gasteiger charge is 2.48. The Hall–Kier alpha value is -3.28. The predicted molar refractivity (Wildman–Crippen MR) is 118 cm³/mol. The first-order valence-corrected chi connectivity index (χ1v) is 10.8. The summed E-state index contributed by atoms with van der Waals surface area (Å²) < 4.78 is 6.20. The normalized spacial score (nSPS) is 22.0. The van der Waals surface area contributed by atoms with Gasteiger partial charge in [0.1, 0.15) is 11.8 Å². The molecule has 6 heteroatoms. The minimum atomic E-state index is -0.0312. The fourth-order valence-electron chi connectivity index (χ4n) is 4.80. The maximum Gasteiger partial charge on any atom is 0.256 e. The van der Waals surface area contributed by atoms with Crippen molar-refractivity contribution in [3.05, 3.63) is 71.2 Å². The van der Waals surface area contributed by atoms with Crippen LogP contribution in [0.4, 0.5) is 0 Å². The smallest absolute Gasteiger partial charge is 0.256 e. The highest BCUT2D eigenvalue weighted by atomic mass is 16.5. The molecule has 0 radical (unpaired) electrons. The van der Waals surface area contributed by atoms with E-state index in [-0.39, 0.29) is 18.1 Å². The molecule has 0 spiro atoms. The van der Waals surface area contributed by atoms with Crippen LogP contribution in [-0.2, 0) is 0 Å². The minimum absolute atomic E-state index is 0.00483. The molecule has 3 aromatic heterocycles. The van der Waals surface area contributed by atoms with E-state index in [1.165, 1.54) is 0 Å². The molecule has 1 aliphatic carbocycles. The van der Waals surface area contributed by atoms with Gasteiger partial charge in [0.05, 0.1) is 17.3 Å². The zero-order chi connectivity index (χ0) is 21.5. The van der Waals surface area contributed by atoms with E-state index in [1.54, 1.807) is 6.20 Å². The van der Waals surface area contributed by atoms with Crippen LogP contribution < -0.4 is 4.74 Å². The van der Waals surface area contributed by atoms with Crippen molar-refractivity contribution in [1.82, 2.24) is 19.9 Å². The lowest BCUT2D eigenvalue weighted by atomic mass is 10.0. The molecule has 1 amide bonds. The Balaban J connectivity index is 1.43. The molecular weight excluding hydrogens is 388 g/mol. The lowest BCUT2D eigenvalue weighted by Gasteiger charge is -2.33. The van der Waals surface area contributed by atoms with Gasteiger partial charge in [0.15, 0.2) is 0 Å². The third-order valence-electron chi connectivity index (χ3n) is 6.34. The van der Waals surface area contributed by atoms with Crippen LogP contribution in [-0.4, -0.2) is 44.4 Å². The summed E-state index contributed by atoms with van der Waals surface area (Å²) in [5.74, 6) is 1.09. The number of piperidine rings is 1. The summed E-state index contributed by atoms with van der Waals surface area (Å²) >= 11 is 0. The molecule has 31 heavy (non-hydrogen) atoms. The third kappa shape index (κ3) is 3.67. The SMILES string of the molecule is Cc1ccc(OC2CC3CC2N(C(=O)c2ccc(C)nc2-c2ncccc2C)C3)nc1. The maximum atomic E-state index is 13.7. The summed E-state index contributed by atoms with van der Waals surface area (Å²) in [7, 11) is 0. The number of fused-ring (bicyclic) bond motifs is 2. The zero-order valence-corrected chi connectivity index (χ0v) is 18.1. The van der Waals surface area contributed by atoms with Gasteiger partial charge < -0.3 is 9.64 Å². The van der Waals surface area contributed by atoms with Crippen molar-refractivity contribution in [2.24, 2.45) is 5.92 Å². The van der Waals surface area contributed by atoms with Gasteiger partial charge in [-0.3, -0.25) is 14.8 Å². The summed E-state index contributed by atoms with van der Waals surface area (Å²) in [6, 6.07) is 11.6. The van der Waals surface area contributed by atoms with Crippen LogP contribution in [0.25, 0.3) is 11.4 Å². The predicted octanol–water partition coefficient (Wildman–Crippen LogP) is 4.15. The van der Waals surface area contributed by atoms with Gasteiger partial charge >= 0.3 is 0 Å². The van der Waals surface area contributed by atoms with Gasteiger partial charge in [-0.2, -0.15) is 0 Å². The number of carbonyl (C=O) groups is 1. The van der Waals surface area contributed by atoms with Gasteiger partial charge in [0, 0.05) is 30.7 Å². The molecule has 4 heterocycles. The summed E-state index contributed by atoms with van der Waals surface area (Å²) in [5, 5.41) is 0. The number of carbonyl (C=O) groups excluding carboxylic acids is 1. The fourth-order valence-corrected chi connectivity index (χ4v) is 4.80. The van der Waals surface area contributed by atoms with Gasteiger partial charge in [-0.15, -0.1) is 0 Å². The Kier molecular flexibility index (Phi) is 4.93. The molecule has 1 saturated heterocycles. The van der Waals surface area contributed by atoms with E-state index in [0.717, 1.165) is 41.9 Å². The molecule has 0 N–H and O–H groups in total. The number of nitrogens with zero attached hydrogens (tertiary/aromatic N) is 4. The second kappa shape index (κ2) is 7.76. The molecule has 2 bridgehead atoms. The van der Waals surface area contributed by atoms with Crippen LogP contribution in [0.15, 0.2) is 48.8 Å². The number of rotatable bonds is 4. The average Bonchev–Trinajstić information content (AvgIpc) is 3.36. The van der Waals surface area contributed by atoms with Crippen molar-refractivity contribution in [3.8, 4) is 17.3 Å². The monoisotopic (exact) mass is 414 g/mol. The number of amides is 1. The molecule has 2 fully saturated rings. The number of pyridine rings is 3. The van der Waals surface area contributed by atoms with Crippen molar-refractivity contribution in [2.75, 3.05) is 6.54 Å². The van der Waals surface area contributed by atoms with Crippen LogP contribution in [0, 0.1) is 26.7 Å². The molecule has 6 nitrogen and oxygen atoms in total. The lowest BCUT2D eigenvalue weighted by Crippen LogP contribution is -2.47.